The van der Waals surface area contributed by atoms with Gasteiger partial charge in [0.05, 0.1) is 0 Å². The van der Waals surface area contributed by atoms with E-state index < -0.39 is 0 Å². The van der Waals surface area contributed by atoms with E-state index in [2.05, 4.69) is 243 Å². The van der Waals surface area contributed by atoms with E-state index in [1.165, 1.54) is 152 Å². The van der Waals surface area contributed by atoms with E-state index in [1.807, 2.05) is 11.3 Å². The van der Waals surface area contributed by atoms with Gasteiger partial charge in [0.1, 0.15) is 0 Å². The van der Waals surface area contributed by atoms with Gasteiger partial charge in [-0.1, -0.05) is 218 Å². The van der Waals surface area contributed by atoms with Gasteiger partial charge in [0.2, 0.25) is 0 Å². The largest absolute Gasteiger partial charge is 0.135 e. The summed E-state index contributed by atoms with van der Waals surface area (Å²) in [5.41, 5.74) is 15.0. The summed E-state index contributed by atoms with van der Waals surface area (Å²) in [6.07, 6.45) is 0. The smallest absolute Gasteiger partial charge is 0.0361 e. The quantitative estimate of drug-likeness (QED) is 0.146. The summed E-state index contributed by atoms with van der Waals surface area (Å²) in [7, 11) is 0. The second-order valence-corrected chi connectivity index (χ2v) is 19.8. The summed E-state index contributed by atoms with van der Waals surface area (Å²) in [4.78, 5) is 0. The zero-order valence-corrected chi connectivity index (χ0v) is 38.3. The molecular weight excluding hydrogens is 849 g/mol. The van der Waals surface area contributed by atoms with Gasteiger partial charge in [-0.15, -0.1) is 11.3 Å². The first-order valence-electron chi connectivity index (χ1n) is 23.9. The van der Waals surface area contributed by atoms with Crippen molar-refractivity contribution in [1.82, 2.24) is 0 Å². The van der Waals surface area contributed by atoms with Crippen LogP contribution in [0.2, 0.25) is 0 Å². The van der Waals surface area contributed by atoms with Gasteiger partial charge in [-0.25, -0.2) is 0 Å². The van der Waals surface area contributed by atoms with Crippen molar-refractivity contribution in [2.75, 3.05) is 0 Å². The minimum absolute atomic E-state index is 1.23. The molecule has 0 amide bonds. The minimum atomic E-state index is 1.23. The first-order chi connectivity index (χ1) is 34.2. The molecule has 1 heteroatoms. The van der Waals surface area contributed by atoms with Gasteiger partial charge in [0.25, 0.3) is 0 Å². The van der Waals surface area contributed by atoms with E-state index in [1.54, 1.807) is 0 Å². The topological polar surface area (TPSA) is 0 Å². The van der Waals surface area contributed by atoms with E-state index in [4.69, 9.17) is 0 Å². The Morgan fingerprint density at radius 2 is 0.478 bits per heavy atom. The molecule has 1 aromatic heterocycles. The molecule has 0 saturated carbocycles. The molecule has 15 rings (SSSR count). The molecule has 0 spiro atoms. The van der Waals surface area contributed by atoms with Crippen LogP contribution in [0.1, 0.15) is 0 Å². The number of fused-ring (bicyclic) bond motifs is 3. The van der Waals surface area contributed by atoms with E-state index in [0.717, 1.165) is 0 Å². The number of rotatable bonds is 6. The van der Waals surface area contributed by atoms with Crippen LogP contribution in [0.15, 0.2) is 243 Å². The van der Waals surface area contributed by atoms with Gasteiger partial charge in [-0.05, 0) is 156 Å². The normalized spacial score (nSPS) is 12.1. The van der Waals surface area contributed by atoms with E-state index >= 15 is 0 Å². The monoisotopic (exact) mass is 888 g/mol. The Kier molecular flexibility index (Phi) is 8.33. The van der Waals surface area contributed by atoms with Crippen LogP contribution in [0, 0.1) is 0 Å². The second kappa shape index (κ2) is 14.9. The fraction of sp³-hybridized carbons (Fsp3) is 0. The third-order valence-corrected chi connectivity index (χ3v) is 16.1. The van der Waals surface area contributed by atoms with Crippen LogP contribution in [-0.2, 0) is 0 Å². The highest BCUT2D eigenvalue weighted by atomic mass is 32.1. The number of hydrogen-bond acceptors (Lipinski definition) is 1. The van der Waals surface area contributed by atoms with Gasteiger partial charge in [-0.3, -0.25) is 0 Å². The van der Waals surface area contributed by atoms with E-state index in [0.29, 0.717) is 0 Å². The fourth-order valence-corrected chi connectivity index (χ4v) is 12.9. The summed E-state index contributed by atoms with van der Waals surface area (Å²) in [5, 5.41) is 18.3. The van der Waals surface area contributed by atoms with Crippen molar-refractivity contribution in [1.29, 1.82) is 0 Å². The zero-order chi connectivity index (χ0) is 45.2. The molecule has 14 aromatic carbocycles. The van der Waals surface area contributed by atoms with Crippen molar-refractivity contribution < 1.29 is 0 Å². The van der Waals surface area contributed by atoms with Crippen LogP contribution >= 0.6 is 11.3 Å². The maximum atomic E-state index is 2.39. The molecule has 69 heavy (non-hydrogen) atoms. The zero-order valence-electron chi connectivity index (χ0n) is 37.5. The lowest BCUT2D eigenvalue weighted by atomic mass is 9.87. The Labute approximate surface area is 403 Å². The predicted octanol–water partition coefficient (Wildman–Crippen LogP) is 19.9. The van der Waals surface area contributed by atoms with Crippen molar-refractivity contribution >= 4 is 96.1 Å². The minimum Gasteiger partial charge on any atom is -0.135 e. The van der Waals surface area contributed by atoms with Gasteiger partial charge in [0.15, 0.2) is 0 Å². The summed E-state index contributed by atoms with van der Waals surface area (Å²) < 4.78 is 2.61. The molecule has 318 valence electrons. The van der Waals surface area contributed by atoms with Gasteiger partial charge >= 0.3 is 0 Å². The van der Waals surface area contributed by atoms with Crippen molar-refractivity contribution in [2.24, 2.45) is 0 Å². The third kappa shape index (κ3) is 5.94. The van der Waals surface area contributed by atoms with Crippen LogP contribution in [0.25, 0.3) is 152 Å². The Morgan fingerprint density at radius 3 is 0.855 bits per heavy atom. The highest BCUT2D eigenvalue weighted by Gasteiger charge is 2.18. The highest BCUT2D eigenvalue weighted by Crippen LogP contribution is 2.46. The first-order valence-corrected chi connectivity index (χ1v) is 24.7. The Hall–Kier alpha value is -8.62. The molecule has 0 radical (unpaired) electrons. The van der Waals surface area contributed by atoms with E-state index in [9.17, 15) is 0 Å². The maximum Gasteiger partial charge on any atom is 0.0361 e. The SMILES string of the molecule is c1ccc(-c2ccc3ccc4c(-c5cccc(-c6ccc7c(c6)sc6cc(-c8cccc(-c9ccc%10ccc%11c(-c%12ccccc%12)ccc%12ccc9c%10c%12%11)c8)ccc67)c5)ccc5ccc2c3c54)cc1. The van der Waals surface area contributed by atoms with Crippen LogP contribution in [0.4, 0.5) is 0 Å². The van der Waals surface area contributed by atoms with Crippen LogP contribution in [0.5, 0.6) is 0 Å². The molecule has 0 nitrogen and oxygen atoms in total. The van der Waals surface area contributed by atoms with Crippen LogP contribution in [0.3, 0.4) is 0 Å². The van der Waals surface area contributed by atoms with Crippen LogP contribution < -0.4 is 0 Å². The Bertz CT molecular complexity index is 4230. The first kappa shape index (κ1) is 38.5. The second-order valence-electron chi connectivity index (χ2n) is 18.7. The fourth-order valence-electron chi connectivity index (χ4n) is 11.7. The van der Waals surface area contributed by atoms with Crippen molar-refractivity contribution in [2.45, 2.75) is 0 Å². The number of hydrogen-bond donors (Lipinski definition) is 0. The van der Waals surface area contributed by atoms with Gasteiger partial charge in [-0.2, -0.15) is 0 Å². The molecule has 0 aliphatic carbocycles. The summed E-state index contributed by atoms with van der Waals surface area (Å²) >= 11 is 1.89. The Balaban J connectivity index is 0.781. The van der Waals surface area contributed by atoms with Gasteiger partial charge < -0.3 is 0 Å². The van der Waals surface area contributed by atoms with Gasteiger partial charge in [0, 0.05) is 20.2 Å². The maximum absolute atomic E-state index is 2.39. The molecule has 0 saturated heterocycles. The molecule has 0 bridgehead atoms. The molecule has 1 heterocycles. The lowest BCUT2D eigenvalue weighted by Gasteiger charge is -2.17. The Morgan fingerprint density at radius 1 is 0.188 bits per heavy atom. The summed E-state index contributed by atoms with van der Waals surface area (Å²) in [5.74, 6) is 0. The predicted molar refractivity (Wildman–Crippen MR) is 299 cm³/mol. The number of thiophene rings is 1. The molecular formula is C68H40S. The standard InChI is InChI=1S/C68H40S/c1-3-9-41(10-4-1)53-27-17-43-23-35-61-55(29-19-45-21-33-59(53)65(43)67(45)61)51-15-7-13-47(37-51)49-25-31-57-58-32-26-50(40-64(58)69-63(57)39-49)48-14-8-16-52(38-48)56-30-20-46-22-34-60-54(42-11-5-2-6-12-42)28-18-44-24-36-62(56)68(46)66(44)60/h1-40H. The van der Waals surface area contributed by atoms with Crippen molar-refractivity contribution in [3.8, 4) is 66.8 Å². The third-order valence-electron chi connectivity index (χ3n) is 15.0. The molecule has 0 aliphatic heterocycles. The lowest BCUT2D eigenvalue weighted by Crippen LogP contribution is -1.89. The average molecular weight is 889 g/mol. The summed E-state index contributed by atoms with van der Waals surface area (Å²) in [6.45, 7) is 0. The molecule has 0 unspecified atom stereocenters. The highest BCUT2D eigenvalue weighted by molar-refractivity contribution is 7.25. The molecule has 15 aromatic rings. The van der Waals surface area contributed by atoms with Crippen molar-refractivity contribution in [3.63, 3.8) is 0 Å². The average Bonchev–Trinajstić information content (AvgIpc) is 3.79. The lowest BCUT2D eigenvalue weighted by molar-refractivity contribution is 1.63. The molecule has 0 fully saturated rings. The van der Waals surface area contributed by atoms with E-state index in [-0.39, 0.29) is 0 Å². The molecule has 0 atom stereocenters. The molecule has 0 N–H and O–H groups in total. The number of benzene rings is 14. The van der Waals surface area contributed by atoms with Crippen molar-refractivity contribution in [3.05, 3.63) is 243 Å². The summed E-state index contributed by atoms with van der Waals surface area (Å²) in [6, 6.07) is 90.7. The van der Waals surface area contributed by atoms with Crippen LogP contribution in [-0.4, -0.2) is 0 Å². The molecule has 0 aliphatic rings.